The van der Waals surface area contributed by atoms with E-state index in [2.05, 4.69) is 0 Å². The lowest BCUT2D eigenvalue weighted by molar-refractivity contribution is -0.131. The molecule has 0 unspecified atom stereocenters. The fourth-order valence-corrected chi connectivity index (χ4v) is 2.53. The average Bonchev–Trinajstić information content (AvgIpc) is 2.34. The van der Waals surface area contributed by atoms with E-state index in [0.29, 0.717) is 12.3 Å². The highest BCUT2D eigenvalue weighted by Crippen LogP contribution is 2.27. The van der Waals surface area contributed by atoms with Crippen molar-refractivity contribution >= 4 is 11.6 Å². The minimum atomic E-state index is -0.152. The van der Waals surface area contributed by atoms with Crippen LogP contribution in [-0.2, 0) is 11.2 Å². The van der Waals surface area contributed by atoms with Crippen LogP contribution in [0.15, 0.2) is 24.3 Å². The van der Waals surface area contributed by atoms with Crippen LogP contribution in [0, 0.1) is 5.92 Å². The van der Waals surface area contributed by atoms with E-state index < -0.39 is 0 Å². The van der Waals surface area contributed by atoms with Crippen LogP contribution in [0.25, 0.3) is 0 Å². The average molecular weight is 262 g/mol. The number of aliphatic hydroxyl groups is 1. The van der Waals surface area contributed by atoms with Crippen LogP contribution in [0.5, 0.6) is 0 Å². The second-order valence-electron chi connectivity index (χ2n) is 5.51. The number of nitrogen functional groups attached to an aromatic ring is 1. The molecule has 1 aliphatic rings. The van der Waals surface area contributed by atoms with Gasteiger partial charge in [0.15, 0.2) is 0 Å². The predicted molar refractivity (Wildman–Crippen MR) is 75.5 cm³/mol. The molecule has 0 spiro atoms. The van der Waals surface area contributed by atoms with Crippen LogP contribution in [-0.4, -0.2) is 35.6 Å². The molecule has 0 saturated heterocycles. The Kier molecular flexibility index (Phi) is 4.43. The molecule has 1 amide bonds. The van der Waals surface area contributed by atoms with Gasteiger partial charge in [-0.05, 0) is 42.9 Å². The van der Waals surface area contributed by atoms with E-state index in [1.54, 1.807) is 4.90 Å². The van der Waals surface area contributed by atoms with E-state index in [9.17, 15) is 9.90 Å². The summed E-state index contributed by atoms with van der Waals surface area (Å²) in [4.78, 5) is 13.8. The van der Waals surface area contributed by atoms with E-state index in [4.69, 9.17) is 5.73 Å². The third-order valence-electron chi connectivity index (χ3n) is 3.75. The van der Waals surface area contributed by atoms with Gasteiger partial charge in [-0.25, -0.2) is 0 Å². The zero-order valence-corrected chi connectivity index (χ0v) is 11.4. The molecule has 0 aromatic heterocycles. The molecule has 0 aliphatic heterocycles. The number of hydrogen-bond donors (Lipinski definition) is 2. The van der Waals surface area contributed by atoms with E-state index in [1.807, 2.05) is 31.3 Å². The Morgan fingerprint density at radius 3 is 2.84 bits per heavy atom. The summed E-state index contributed by atoms with van der Waals surface area (Å²) >= 11 is 0. The number of hydrogen-bond acceptors (Lipinski definition) is 3. The fourth-order valence-electron chi connectivity index (χ4n) is 2.53. The molecule has 1 aromatic carbocycles. The van der Waals surface area contributed by atoms with Gasteiger partial charge in [-0.1, -0.05) is 12.1 Å². The van der Waals surface area contributed by atoms with Gasteiger partial charge in [0.1, 0.15) is 0 Å². The number of amides is 1. The Morgan fingerprint density at radius 1 is 1.47 bits per heavy atom. The van der Waals surface area contributed by atoms with Gasteiger partial charge in [0.25, 0.3) is 0 Å². The molecule has 1 fully saturated rings. The lowest BCUT2D eigenvalue weighted by Crippen LogP contribution is -2.39. The monoisotopic (exact) mass is 262 g/mol. The number of aliphatic hydroxyl groups excluding tert-OH is 1. The topological polar surface area (TPSA) is 66.6 Å². The van der Waals surface area contributed by atoms with Crippen LogP contribution in [0.1, 0.15) is 24.8 Å². The van der Waals surface area contributed by atoms with Crippen LogP contribution < -0.4 is 5.73 Å². The second-order valence-corrected chi connectivity index (χ2v) is 5.51. The van der Waals surface area contributed by atoms with E-state index in [1.165, 1.54) is 0 Å². The van der Waals surface area contributed by atoms with Crippen molar-refractivity contribution in [2.75, 3.05) is 19.3 Å². The summed E-state index contributed by atoms with van der Waals surface area (Å²) in [7, 11) is 1.84. The zero-order chi connectivity index (χ0) is 13.8. The smallest absolute Gasteiger partial charge is 0.222 e. The molecule has 0 radical (unpaired) electrons. The molecule has 4 nitrogen and oxygen atoms in total. The summed E-state index contributed by atoms with van der Waals surface area (Å²) in [6.45, 7) is 0.757. The molecule has 1 saturated carbocycles. The number of carbonyl (C=O) groups excluding carboxylic acids is 1. The molecule has 19 heavy (non-hydrogen) atoms. The van der Waals surface area contributed by atoms with Gasteiger partial charge in [-0.2, -0.15) is 0 Å². The van der Waals surface area contributed by atoms with Gasteiger partial charge in [0.05, 0.1) is 6.10 Å². The SMILES string of the molecule is CN(CC1CC(O)C1)C(=O)CCc1cccc(N)c1. The fraction of sp³-hybridized carbons (Fsp3) is 0.533. The molecule has 104 valence electrons. The number of nitrogens with two attached hydrogens (primary N) is 1. The van der Waals surface area contributed by atoms with Crippen molar-refractivity contribution in [2.24, 2.45) is 5.92 Å². The Labute approximate surface area is 114 Å². The summed E-state index contributed by atoms with van der Waals surface area (Å²) in [5.74, 6) is 0.625. The van der Waals surface area contributed by atoms with Crippen molar-refractivity contribution in [1.82, 2.24) is 4.90 Å². The molecular weight excluding hydrogens is 240 g/mol. The number of anilines is 1. The standard InChI is InChI=1S/C15H22N2O2/c1-17(10-12-8-14(18)9-12)15(19)6-5-11-3-2-4-13(16)7-11/h2-4,7,12,14,18H,5-6,8-10,16H2,1H3. The summed E-state index contributed by atoms with van der Waals surface area (Å²) in [5, 5.41) is 9.23. The Hall–Kier alpha value is -1.55. The Bertz CT molecular complexity index is 442. The summed E-state index contributed by atoms with van der Waals surface area (Å²) < 4.78 is 0. The predicted octanol–water partition coefficient (Wildman–Crippen LogP) is 1.43. The minimum Gasteiger partial charge on any atom is -0.399 e. The first-order chi connectivity index (χ1) is 9.04. The lowest BCUT2D eigenvalue weighted by Gasteiger charge is -2.34. The van der Waals surface area contributed by atoms with Crippen LogP contribution in [0.3, 0.4) is 0 Å². The van der Waals surface area contributed by atoms with Crippen molar-refractivity contribution in [3.05, 3.63) is 29.8 Å². The number of rotatable bonds is 5. The normalized spacial score (nSPS) is 21.8. The van der Waals surface area contributed by atoms with Crippen LogP contribution >= 0.6 is 0 Å². The molecule has 0 atom stereocenters. The third-order valence-corrected chi connectivity index (χ3v) is 3.75. The van der Waals surface area contributed by atoms with Gasteiger partial charge in [-0.3, -0.25) is 4.79 Å². The highest BCUT2D eigenvalue weighted by Gasteiger charge is 2.28. The van der Waals surface area contributed by atoms with Gasteiger partial charge in [0, 0.05) is 25.7 Å². The number of carbonyl (C=O) groups is 1. The maximum atomic E-state index is 12.0. The molecule has 1 aliphatic carbocycles. The first-order valence-corrected chi connectivity index (χ1v) is 6.81. The van der Waals surface area contributed by atoms with Gasteiger partial charge >= 0.3 is 0 Å². The van der Waals surface area contributed by atoms with Gasteiger partial charge in [-0.15, -0.1) is 0 Å². The first-order valence-electron chi connectivity index (χ1n) is 6.81. The third kappa shape index (κ3) is 3.96. The van der Waals surface area contributed by atoms with Crippen molar-refractivity contribution in [3.63, 3.8) is 0 Å². The molecule has 4 heteroatoms. The highest BCUT2D eigenvalue weighted by atomic mass is 16.3. The molecule has 0 heterocycles. The lowest BCUT2D eigenvalue weighted by atomic mass is 9.82. The molecule has 3 N–H and O–H groups in total. The van der Waals surface area contributed by atoms with E-state index >= 15 is 0 Å². The van der Waals surface area contributed by atoms with E-state index in [0.717, 1.165) is 37.1 Å². The van der Waals surface area contributed by atoms with Crippen molar-refractivity contribution in [1.29, 1.82) is 0 Å². The van der Waals surface area contributed by atoms with Crippen molar-refractivity contribution in [2.45, 2.75) is 31.8 Å². The van der Waals surface area contributed by atoms with Crippen molar-refractivity contribution < 1.29 is 9.90 Å². The highest BCUT2D eigenvalue weighted by molar-refractivity contribution is 5.76. The Balaban J connectivity index is 1.74. The molecule has 1 aromatic rings. The second kappa shape index (κ2) is 6.06. The van der Waals surface area contributed by atoms with Crippen molar-refractivity contribution in [3.8, 4) is 0 Å². The minimum absolute atomic E-state index is 0.152. The largest absolute Gasteiger partial charge is 0.399 e. The Morgan fingerprint density at radius 2 is 2.21 bits per heavy atom. The summed E-state index contributed by atoms with van der Waals surface area (Å²) in [6.07, 6.45) is 2.73. The van der Waals surface area contributed by atoms with E-state index in [-0.39, 0.29) is 12.0 Å². The van der Waals surface area contributed by atoms with Gasteiger partial charge in [0.2, 0.25) is 5.91 Å². The maximum absolute atomic E-state index is 12.0. The number of aryl methyl sites for hydroxylation is 1. The van der Waals surface area contributed by atoms with Crippen LogP contribution in [0.2, 0.25) is 0 Å². The quantitative estimate of drug-likeness (QED) is 0.789. The number of benzene rings is 1. The maximum Gasteiger partial charge on any atom is 0.222 e. The summed E-state index contributed by atoms with van der Waals surface area (Å²) in [6, 6.07) is 7.66. The zero-order valence-electron chi connectivity index (χ0n) is 11.4. The van der Waals surface area contributed by atoms with Crippen LogP contribution in [0.4, 0.5) is 5.69 Å². The molecule has 0 bridgehead atoms. The van der Waals surface area contributed by atoms with Gasteiger partial charge < -0.3 is 15.7 Å². The molecular formula is C15H22N2O2. The first kappa shape index (κ1) is 13.9. The number of nitrogens with zero attached hydrogens (tertiary/aromatic N) is 1. The summed E-state index contributed by atoms with van der Waals surface area (Å²) in [5.41, 5.74) is 7.55. The molecule has 2 rings (SSSR count).